The van der Waals surface area contributed by atoms with Gasteiger partial charge in [-0.25, -0.2) is 13.4 Å². The van der Waals surface area contributed by atoms with Crippen molar-refractivity contribution < 1.29 is 8.42 Å². The number of pyridine rings is 1. The molecule has 21 heavy (non-hydrogen) atoms. The van der Waals surface area contributed by atoms with E-state index in [-0.39, 0.29) is 0 Å². The number of hydrogen-bond acceptors (Lipinski definition) is 3. The van der Waals surface area contributed by atoms with E-state index in [2.05, 4.69) is 25.6 Å². The lowest BCUT2D eigenvalue weighted by Crippen LogP contribution is -2.14. The van der Waals surface area contributed by atoms with Crippen molar-refractivity contribution in [1.29, 1.82) is 0 Å². The molecule has 0 bridgehead atoms. The summed E-state index contributed by atoms with van der Waals surface area (Å²) in [6.45, 7) is 1.82. The fraction of sp³-hybridized carbons (Fsp3) is 0.267. The second kappa shape index (κ2) is 5.42. The summed E-state index contributed by atoms with van der Waals surface area (Å²) in [6.07, 6.45) is 3.09. The summed E-state index contributed by atoms with van der Waals surface area (Å²) < 4.78 is 28.3. The van der Waals surface area contributed by atoms with E-state index in [0.29, 0.717) is 10.7 Å². The lowest BCUT2D eigenvalue weighted by Gasteiger charge is -2.10. The summed E-state index contributed by atoms with van der Waals surface area (Å²) in [4.78, 5) is 4.52. The van der Waals surface area contributed by atoms with Crippen molar-refractivity contribution in [3.63, 3.8) is 0 Å². The lowest BCUT2D eigenvalue weighted by atomic mass is 10.1. The number of hydrogen-bond donors (Lipinski definition) is 1. The predicted octanol–water partition coefficient (Wildman–Crippen LogP) is 3.44. The minimum Gasteiger partial charge on any atom is -0.263 e. The highest BCUT2D eigenvalue weighted by molar-refractivity contribution is 9.10. The molecule has 3 rings (SSSR count). The van der Waals surface area contributed by atoms with Crippen LogP contribution in [0, 0.1) is 6.92 Å². The highest BCUT2D eigenvalue weighted by Gasteiger charge is 2.19. The van der Waals surface area contributed by atoms with Gasteiger partial charge in [-0.05, 0) is 77.5 Å². The monoisotopic (exact) mass is 366 g/mol. The molecule has 1 aromatic heterocycles. The van der Waals surface area contributed by atoms with Gasteiger partial charge in [-0.3, -0.25) is 4.72 Å². The zero-order valence-corrected chi connectivity index (χ0v) is 14.0. The van der Waals surface area contributed by atoms with Gasteiger partial charge in [0, 0.05) is 4.47 Å². The number of aryl methyl sites for hydroxylation is 3. The Morgan fingerprint density at radius 3 is 2.67 bits per heavy atom. The van der Waals surface area contributed by atoms with Crippen LogP contribution in [-0.2, 0) is 22.9 Å². The van der Waals surface area contributed by atoms with Gasteiger partial charge in [-0.15, -0.1) is 0 Å². The van der Waals surface area contributed by atoms with Gasteiger partial charge in [0.05, 0.1) is 10.6 Å². The van der Waals surface area contributed by atoms with E-state index in [1.54, 1.807) is 24.3 Å². The molecular weight excluding hydrogens is 352 g/mol. The van der Waals surface area contributed by atoms with Gasteiger partial charge >= 0.3 is 0 Å². The van der Waals surface area contributed by atoms with Crippen molar-refractivity contribution in [3.05, 3.63) is 51.6 Å². The number of benzene rings is 1. The quantitative estimate of drug-likeness (QED) is 0.904. The Labute approximate surface area is 132 Å². The van der Waals surface area contributed by atoms with Crippen LogP contribution in [0.4, 0.5) is 5.82 Å². The number of sulfonamides is 1. The molecule has 0 amide bonds. The van der Waals surface area contributed by atoms with Crippen LogP contribution < -0.4 is 4.72 Å². The minimum atomic E-state index is -3.59. The molecule has 0 saturated carbocycles. The number of rotatable bonds is 3. The van der Waals surface area contributed by atoms with Gasteiger partial charge in [-0.1, -0.05) is 6.07 Å². The summed E-state index contributed by atoms with van der Waals surface area (Å²) in [6, 6.07) is 8.77. The van der Waals surface area contributed by atoms with Crippen LogP contribution in [0.15, 0.2) is 39.7 Å². The van der Waals surface area contributed by atoms with Crippen molar-refractivity contribution >= 4 is 31.8 Å². The van der Waals surface area contributed by atoms with Crippen LogP contribution in [-0.4, -0.2) is 13.4 Å². The summed E-state index contributed by atoms with van der Waals surface area (Å²) in [5, 5.41) is 0. The average molecular weight is 367 g/mol. The second-order valence-corrected chi connectivity index (χ2v) is 7.69. The van der Waals surface area contributed by atoms with Gasteiger partial charge in [0.15, 0.2) is 0 Å². The number of halogens is 1. The van der Waals surface area contributed by atoms with Gasteiger partial charge in [0.25, 0.3) is 10.0 Å². The van der Waals surface area contributed by atoms with Crippen LogP contribution in [0.5, 0.6) is 0 Å². The number of fused-ring (bicyclic) bond motifs is 1. The fourth-order valence-electron chi connectivity index (χ4n) is 2.51. The molecule has 110 valence electrons. The SMILES string of the molecule is Cc1nc(NS(=O)(=O)c2ccc3c(c2)CCC3)ccc1Br. The lowest BCUT2D eigenvalue weighted by molar-refractivity contribution is 0.601. The Bertz CT molecular complexity index is 803. The van der Waals surface area contributed by atoms with Gasteiger partial charge in [0.1, 0.15) is 5.82 Å². The minimum absolute atomic E-state index is 0.297. The molecule has 0 unspecified atom stereocenters. The third-order valence-corrected chi connectivity index (χ3v) is 5.83. The number of nitrogens with one attached hydrogen (secondary N) is 1. The second-order valence-electron chi connectivity index (χ2n) is 5.15. The Morgan fingerprint density at radius 2 is 1.90 bits per heavy atom. The van der Waals surface area contributed by atoms with E-state index in [4.69, 9.17) is 0 Å². The van der Waals surface area contributed by atoms with Crippen molar-refractivity contribution in [3.8, 4) is 0 Å². The van der Waals surface area contributed by atoms with Crippen LogP contribution >= 0.6 is 15.9 Å². The van der Waals surface area contributed by atoms with Gasteiger partial charge in [0.2, 0.25) is 0 Å². The van der Waals surface area contributed by atoms with E-state index >= 15 is 0 Å². The van der Waals surface area contributed by atoms with Crippen LogP contribution in [0.1, 0.15) is 23.2 Å². The Kier molecular flexibility index (Phi) is 3.75. The molecule has 0 aliphatic heterocycles. The normalized spacial score (nSPS) is 14.0. The van der Waals surface area contributed by atoms with Gasteiger partial charge < -0.3 is 0 Å². The first kappa shape index (κ1) is 14.5. The maximum atomic E-state index is 12.4. The molecule has 1 aromatic carbocycles. The topological polar surface area (TPSA) is 59.1 Å². The van der Waals surface area contributed by atoms with E-state index in [0.717, 1.165) is 35.0 Å². The molecule has 1 aliphatic rings. The largest absolute Gasteiger partial charge is 0.263 e. The third-order valence-electron chi connectivity index (χ3n) is 3.64. The number of aromatic nitrogens is 1. The van der Waals surface area contributed by atoms with Gasteiger partial charge in [-0.2, -0.15) is 0 Å². The van der Waals surface area contributed by atoms with E-state index in [9.17, 15) is 8.42 Å². The van der Waals surface area contributed by atoms with E-state index < -0.39 is 10.0 Å². The van der Waals surface area contributed by atoms with Crippen LogP contribution in [0.3, 0.4) is 0 Å². The molecule has 0 fully saturated rings. The maximum absolute atomic E-state index is 12.4. The smallest absolute Gasteiger partial charge is 0.263 e. The molecular formula is C15H15BrN2O2S. The van der Waals surface area contributed by atoms with E-state index in [1.807, 2.05) is 13.0 Å². The molecule has 6 heteroatoms. The fourth-order valence-corrected chi connectivity index (χ4v) is 3.79. The molecule has 1 N–H and O–H groups in total. The summed E-state index contributed by atoms with van der Waals surface area (Å²) in [5.41, 5.74) is 3.13. The first-order valence-corrected chi connectivity index (χ1v) is 9.01. The average Bonchev–Trinajstić information content (AvgIpc) is 2.90. The molecule has 2 aromatic rings. The molecule has 1 aliphatic carbocycles. The number of anilines is 1. The van der Waals surface area contributed by atoms with Crippen molar-refractivity contribution in [2.24, 2.45) is 0 Å². The Hall–Kier alpha value is -1.40. The molecule has 0 saturated heterocycles. The summed E-state index contributed by atoms with van der Waals surface area (Å²) in [5.74, 6) is 0.330. The first-order chi connectivity index (χ1) is 9.95. The summed E-state index contributed by atoms with van der Waals surface area (Å²) >= 11 is 3.35. The molecule has 0 atom stereocenters. The Balaban J connectivity index is 1.91. The number of nitrogens with zero attached hydrogens (tertiary/aromatic N) is 1. The zero-order chi connectivity index (χ0) is 15.0. The third kappa shape index (κ3) is 2.96. The molecule has 0 radical (unpaired) electrons. The van der Waals surface area contributed by atoms with Crippen molar-refractivity contribution in [2.45, 2.75) is 31.1 Å². The zero-order valence-electron chi connectivity index (χ0n) is 11.6. The molecule has 0 spiro atoms. The molecule has 1 heterocycles. The molecule has 4 nitrogen and oxygen atoms in total. The van der Waals surface area contributed by atoms with Crippen LogP contribution in [0.2, 0.25) is 0 Å². The highest BCUT2D eigenvalue weighted by atomic mass is 79.9. The standard InChI is InChI=1S/C15H15BrN2O2S/c1-10-14(16)7-8-15(17-10)18-21(19,20)13-6-5-11-3-2-4-12(11)9-13/h5-9H,2-4H2,1H3,(H,17,18). The van der Waals surface area contributed by atoms with Crippen molar-refractivity contribution in [1.82, 2.24) is 4.98 Å². The highest BCUT2D eigenvalue weighted by Crippen LogP contribution is 2.26. The maximum Gasteiger partial charge on any atom is 0.263 e. The van der Waals surface area contributed by atoms with Crippen molar-refractivity contribution in [2.75, 3.05) is 4.72 Å². The Morgan fingerprint density at radius 1 is 1.14 bits per heavy atom. The van der Waals surface area contributed by atoms with E-state index in [1.165, 1.54) is 5.56 Å². The first-order valence-electron chi connectivity index (χ1n) is 6.73. The predicted molar refractivity (Wildman–Crippen MR) is 85.9 cm³/mol. The summed E-state index contributed by atoms with van der Waals surface area (Å²) in [7, 11) is -3.59. The van der Waals surface area contributed by atoms with Crippen LogP contribution in [0.25, 0.3) is 0 Å².